The quantitative estimate of drug-likeness (QED) is 0.177. The molecule has 8 aromatic rings. The van der Waals surface area contributed by atoms with Gasteiger partial charge in [-0.1, -0.05) is 147 Å². The van der Waals surface area contributed by atoms with E-state index >= 15 is 4.79 Å². The highest BCUT2D eigenvalue weighted by Gasteiger charge is 2.32. The molecule has 2 nitrogen and oxygen atoms in total. The second-order valence-electron chi connectivity index (χ2n) is 13.3. The zero-order valence-corrected chi connectivity index (χ0v) is 26.9. The minimum atomic E-state index is -0.360. The normalized spacial score (nSPS) is 13.0. The molecular weight excluding hydrogens is 583 g/mol. The molecular formula is C46H33NO. The number of benzene rings is 7. The Morgan fingerprint density at radius 2 is 0.938 bits per heavy atom. The Kier molecular flexibility index (Phi) is 6.35. The molecule has 1 aliphatic rings. The maximum Gasteiger partial charge on any atom is 0.263 e. The number of nitrogens with zero attached hydrogens (tertiary/aromatic N) is 1. The molecule has 0 unspecified atom stereocenters. The van der Waals surface area contributed by atoms with Crippen molar-refractivity contribution in [2.75, 3.05) is 0 Å². The van der Waals surface area contributed by atoms with Crippen molar-refractivity contribution in [3.63, 3.8) is 0 Å². The molecule has 2 heterocycles. The van der Waals surface area contributed by atoms with E-state index in [0.29, 0.717) is 5.39 Å². The summed E-state index contributed by atoms with van der Waals surface area (Å²) in [5, 5.41) is 2.73. The monoisotopic (exact) mass is 615 g/mol. The fraction of sp³-hybridized carbons (Fsp3) is 0.0652. The van der Waals surface area contributed by atoms with Gasteiger partial charge in [0.2, 0.25) is 0 Å². The highest BCUT2D eigenvalue weighted by Crippen LogP contribution is 2.48. The maximum atomic E-state index is 15.0. The zero-order chi connectivity index (χ0) is 32.4. The summed E-state index contributed by atoms with van der Waals surface area (Å²) in [4.78, 5) is 15.0. The van der Waals surface area contributed by atoms with Gasteiger partial charge in [-0.15, -0.1) is 0 Å². The molecule has 7 aromatic carbocycles. The third-order valence-corrected chi connectivity index (χ3v) is 10.2. The largest absolute Gasteiger partial charge is 0.275 e. The summed E-state index contributed by atoms with van der Waals surface area (Å²) in [6, 6.07) is 57.8. The van der Waals surface area contributed by atoms with Crippen LogP contribution in [0.25, 0.3) is 71.9 Å². The Labute approximate surface area is 280 Å². The summed E-state index contributed by atoms with van der Waals surface area (Å²) in [6.45, 7) is 4.66. The highest BCUT2D eigenvalue weighted by molar-refractivity contribution is 6.13. The fourth-order valence-electron chi connectivity index (χ4n) is 7.87. The van der Waals surface area contributed by atoms with E-state index in [4.69, 9.17) is 0 Å². The number of hydrogen-bond acceptors (Lipinski definition) is 1. The Morgan fingerprint density at radius 1 is 0.417 bits per heavy atom. The van der Waals surface area contributed by atoms with E-state index in [1.807, 2.05) is 28.8 Å². The molecule has 1 aromatic heterocycles. The van der Waals surface area contributed by atoms with Gasteiger partial charge in [-0.25, -0.2) is 0 Å². The van der Waals surface area contributed by atoms with Gasteiger partial charge in [0.15, 0.2) is 0 Å². The van der Waals surface area contributed by atoms with Crippen LogP contribution in [-0.2, 0) is 5.41 Å². The second kappa shape index (κ2) is 10.8. The van der Waals surface area contributed by atoms with Crippen LogP contribution in [0.2, 0.25) is 0 Å². The number of pyridine rings is 1. The average Bonchev–Trinajstić information content (AvgIpc) is 3.15. The van der Waals surface area contributed by atoms with E-state index in [-0.39, 0.29) is 11.0 Å². The van der Waals surface area contributed by atoms with Crippen molar-refractivity contribution in [3.8, 4) is 50.2 Å². The lowest BCUT2D eigenvalue weighted by Crippen LogP contribution is -2.24. The van der Waals surface area contributed by atoms with Crippen LogP contribution in [0.3, 0.4) is 0 Å². The van der Waals surface area contributed by atoms with Gasteiger partial charge in [0.25, 0.3) is 5.56 Å². The molecule has 2 heteroatoms. The van der Waals surface area contributed by atoms with Crippen LogP contribution >= 0.6 is 0 Å². The van der Waals surface area contributed by atoms with E-state index < -0.39 is 0 Å². The van der Waals surface area contributed by atoms with Crippen molar-refractivity contribution < 1.29 is 0 Å². The first-order valence-electron chi connectivity index (χ1n) is 16.6. The maximum absolute atomic E-state index is 15.0. The lowest BCUT2D eigenvalue weighted by molar-refractivity contribution is 0.644. The van der Waals surface area contributed by atoms with Crippen LogP contribution in [0.1, 0.15) is 25.0 Å². The Morgan fingerprint density at radius 3 is 1.60 bits per heavy atom. The average molecular weight is 616 g/mol. The number of aromatic nitrogens is 1. The van der Waals surface area contributed by atoms with Crippen LogP contribution in [0.5, 0.6) is 0 Å². The van der Waals surface area contributed by atoms with Crippen LogP contribution in [0.4, 0.5) is 0 Å². The second-order valence-corrected chi connectivity index (χ2v) is 13.3. The van der Waals surface area contributed by atoms with Gasteiger partial charge in [0, 0.05) is 27.3 Å². The molecule has 0 N–H and O–H groups in total. The van der Waals surface area contributed by atoms with Gasteiger partial charge >= 0.3 is 0 Å². The molecule has 9 rings (SSSR count). The van der Waals surface area contributed by atoms with E-state index in [0.717, 1.165) is 66.5 Å². The van der Waals surface area contributed by atoms with Crippen molar-refractivity contribution in [1.29, 1.82) is 0 Å². The highest BCUT2D eigenvalue weighted by atomic mass is 16.1. The van der Waals surface area contributed by atoms with Gasteiger partial charge in [0.05, 0.1) is 11.2 Å². The van der Waals surface area contributed by atoms with E-state index in [1.165, 1.54) is 11.1 Å². The van der Waals surface area contributed by atoms with Crippen LogP contribution in [0.15, 0.2) is 169 Å². The first-order valence-corrected chi connectivity index (χ1v) is 16.6. The minimum absolute atomic E-state index is 0.0182. The van der Waals surface area contributed by atoms with Gasteiger partial charge < -0.3 is 0 Å². The third-order valence-electron chi connectivity index (χ3n) is 10.2. The minimum Gasteiger partial charge on any atom is -0.275 e. The standard InChI is InChI=1S/C46H33NO/c1-46(2)41-23-13-11-20-35(41)38-27-32(30-15-5-3-6-16-30)25-26-43(38)47-44-39(34-19-9-10-22-37(34)45(47)48)28-33(31-17-7-4-8-18-31)29-40(44)36-21-12-14-24-42(36)46/h3-29H,1-2H3. The zero-order valence-electron chi connectivity index (χ0n) is 26.9. The smallest absolute Gasteiger partial charge is 0.263 e. The third kappa shape index (κ3) is 4.23. The van der Waals surface area contributed by atoms with Gasteiger partial charge in [-0.05, 0) is 80.2 Å². The summed E-state index contributed by atoms with van der Waals surface area (Å²) in [5.74, 6) is 0. The molecule has 0 aliphatic carbocycles. The van der Waals surface area contributed by atoms with Crippen molar-refractivity contribution >= 4 is 21.7 Å². The number of rotatable bonds is 2. The molecule has 0 saturated heterocycles. The molecule has 228 valence electrons. The fourth-order valence-corrected chi connectivity index (χ4v) is 7.87. The SMILES string of the molecule is CC1(C)c2ccccc2-c2cc(-c3ccccc3)ccc2-n2c(=O)c3ccccc3c3cc(-c4ccccc4)cc(c32)-c2ccccc21. The Balaban J connectivity index is 1.55. The number of hydrogen-bond donors (Lipinski definition) is 0. The predicted molar refractivity (Wildman–Crippen MR) is 201 cm³/mol. The summed E-state index contributed by atoms with van der Waals surface area (Å²) in [7, 11) is 0. The van der Waals surface area contributed by atoms with Crippen LogP contribution in [-0.4, -0.2) is 4.57 Å². The molecule has 0 spiro atoms. The Bertz CT molecular complexity index is 2590. The summed E-state index contributed by atoms with van der Waals surface area (Å²) in [5.41, 5.74) is 12.7. The topological polar surface area (TPSA) is 22.0 Å². The van der Waals surface area contributed by atoms with Crippen molar-refractivity contribution in [3.05, 3.63) is 185 Å². The van der Waals surface area contributed by atoms with Crippen molar-refractivity contribution in [1.82, 2.24) is 4.57 Å². The summed E-state index contributed by atoms with van der Waals surface area (Å²) in [6.07, 6.45) is 0. The molecule has 0 bridgehead atoms. The molecule has 0 radical (unpaired) electrons. The van der Waals surface area contributed by atoms with E-state index in [2.05, 4.69) is 153 Å². The summed E-state index contributed by atoms with van der Waals surface area (Å²) >= 11 is 0. The first-order chi connectivity index (χ1) is 23.5. The molecule has 0 amide bonds. The molecule has 0 saturated carbocycles. The van der Waals surface area contributed by atoms with Crippen LogP contribution < -0.4 is 5.56 Å². The first kappa shape index (κ1) is 28.3. The summed E-state index contributed by atoms with van der Waals surface area (Å²) < 4.78 is 2.00. The van der Waals surface area contributed by atoms with Gasteiger partial charge in [-0.3, -0.25) is 9.36 Å². The van der Waals surface area contributed by atoms with E-state index in [9.17, 15) is 0 Å². The van der Waals surface area contributed by atoms with Gasteiger partial charge in [0.1, 0.15) is 0 Å². The van der Waals surface area contributed by atoms with Crippen molar-refractivity contribution in [2.24, 2.45) is 0 Å². The van der Waals surface area contributed by atoms with Crippen LogP contribution in [0, 0.1) is 0 Å². The molecule has 0 fully saturated rings. The van der Waals surface area contributed by atoms with E-state index in [1.54, 1.807) is 0 Å². The molecule has 1 aliphatic heterocycles. The van der Waals surface area contributed by atoms with Gasteiger partial charge in [-0.2, -0.15) is 0 Å². The lowest BCUT2D eigenvalue weighted by atomic mass is 9.71. The number of fused-ring (bicyclic) bond motifs is 8. The van der Waals surface area contributed by atoms with Crippen molar-refractivity contribution in [2.45, 2.75) is 19.3 Å². The lowest BCUT2D eigenvalue weighted by Gasteiger charge is -2.33. The molecule has 0 atom stereocenters. The predicted octanol–water partition coefficient (Wildman–Crippen LogP) is 11.5. The Hall–Kier alpha value is -5.99. The molecule has 48 heavy (non-hydrogen) atoms.